The van der Waals surface area contributed by atoms with Gasteiger partial charge in [-0.1, -0.05) is 25.3 Å². The molecule has 1 aliphatic rings. The number of amides is 2. The molecule has 0 saturated heterocycles. The first kappa shape index (κ1) is 13.0. The maximum atomic E-state index is 11.7. The molecule has 1 saturated carbocycles. The predicted octanol–water partition coefficient (Wildman–Crippen LogP) is 1.37. The summed E-state index contributed by atoms with van der Waals surface area (Å²) in [6, 6.07) is -0.103. The SMILES string of the molecule is C=CCN(CCO)C(=O)NCCC1CCC1. The lowest BCUT2D eigenvalue weighted by molar-refractivity contribution is 0.182. The van der Waals surface area contributed by atoms with Gasteiger partial charge in [-0.25, -0.2) is 4.79 Å². The van der Waals surface area contributed by atoms with Crippen molar-refractivity contribution < 1.29 is 9.90 Å². The van der Waals surface area contributed by atoms with Crippen LogP contribution in [0.2, 0.25) is 0 Å². The highest BCUT2D eigenvalue weighted by molar-refractivity contribution is 5.74. The Bertz CT molecular complexity index is 227. The van der Waals surface area contributed by atoms with E-state index in [0.29, 0.717) is 13.1 Å². The van der Waals surface area contributed by atoms with E-state index in [1.54, 1.807) is 11.0 Å². The van der Waals surface area contributed by atoms with E-state index >= 15 is 0 Å². The molecule has 16 heavy (non-hydrogen) atoms. The van der Waals surface area contributed by atoms with E-state index in [1.807, 2.05) is 0 Å². The molecular weight excluding hydrogens is 204 g/mol. The standard InChI is InChI=1S/C12H22N2O2/c1-2-8-14(9-10-15)12(16)13-7-6-11-4-3-5-11/h2,11,15H,1,3-10H2,(H,13,16). The largest absolute Gasteiger partial charge is 0.395 e. The molecule has 0 bridgehead atoms. The molecule has 0 aliphatic heterocycles. The first-order chi connectivity index (χ1) is 7.77. The Hall–Kier alpha value is -1.03. The average molecular weight is 226 g/mol. The minimum atomic E-state index is -0.103. The van der Waals surface area contributed by atoms with Crippen molar-refractivity contribution in [1.29, 1.82) is 0 Å². The predicted molar refractivity (Wildman–Crippen MR) is 64.2 cm³/mol. The molecule has 0 atom stereocenters. The Morgan fingerprint density at radius 2 is 2.31 bits per heavy atom. The van der Waals surface area contributed by atoms with Gasteiger partial charge < -0.3 is 15.3 Å². The molecule has 0 aromatic carbocycles. The van der Waals surface area contributed by atoms with E-state index in [0.717, 1.165) is 18.9 Å². The fourth-order valence-corrected chi connectivity index (χ4v) is 1.83. The molecule has 0 heterocycles. The van der Waals surface area contributed by atoms with Crippen molar-refractivity contribution in [3.8, 4) is 0 Å². The van der Waals surface area contributed by atoms with Gasteiger partial charge in [0.15, 0.2) is 0 Å². The highest BCUT2D eigenvalue weighted by atomic mass is 16.3. The van der Waals surface area contributed by atoms with E-state index in [-0.39, 0.29) is 12.6 Å². The van der Waals surface area contributed by atoms with Crippen molar-refractivity contribution in [2.45, 2.75) is 25.7 Å². The van der Waals surface area contributed by atoms with Crippen LogP contribution in [-0.4, -0.2) is 42.3 Å². The first-order valence-corrected chi connectivity index (χ1v) is 6.02. The van der Waals surface area contributed by atoms with Crippen LogP contribution in [0.25, 0.3) is 0 Å². The Kier molecular flexibility index (Phi) is 5.93. The van der Waals surface area contributed by atoms with Crippen LogP contribution in [0.3, 0.4) is 0 Å². The lowest BCUT2D eigenvalue weighted by Gasteiger charge is -2.26. The van der Waals surface area contributed by atoms with Gasteiger partial charge in [0, 0.05) is 19.6 Å². The molecule has 92 valence electrons. The maximum Gasteiger partial charge on any atom is 0.317 e. The highest BCUT2D eigenvalue weighted by Crippen LogP contribution is 2.28. The van der Waals surface area contributed by atoms with Crippen LogP contribution in [-0.2, 0) is 0 Å². The van der Waals surface area contributed by atoms with Crippen LogP contribution in [0.5, 0.6) is 0 Å². The third-order valence-corrected chi connectivity index (χ3v) is 3.06. The number of rotatable bonds is 7. The number of aliphatic hydroxyl groups excluding tert-OH is 1. The van der Waals surface area contributed by atoms with Gasteiger partial charge in [0.25, 0.3) is 0 Å². The molecule has 2 N–H and O–H groups in total. The molecule has 2 amide bonds. The maximum absolute atomic E-state index is 11.7. The smallest absolute Gasteiger partial charge is 0.317 e. The molecule has 1 fully saturated rings. The zero-order valence-corrected chi connectivity index (χ0v) is 9.82. The molecule has 4 heteroatoms. The van der Waals surface area contributed by atoms with Gasteiger partial charge in [0.05, 0.1) is 6.61 Å². The van der Waals surface area contributed by atoms with Crippen LogP contribution in [0.4, 0.5) is 4.79 Å². The van der Waals surface area contributed by atoms with E-state index in [2.05, 4.69) is 11.9 Å². The fraction of sp³-hybridized carbons (Fsp3) is 0.750. The molecule has 0 aromatic heterocycles. The summed E-state index contributed by atoms with van der Waals surface area (Å²) in [5, 5.41) is 11.7. The van der Waals surface area contributed by atoms with E-state index in [1.165, 1.54) is 19.3 Å². The number of hydrogen-bond donors (Lipinski definition) is 2. The van der Waals surface area contributed by atoms with Gasteiger partial charge in [-0.3, -0.25) is 0 Å². The molecule has 4 nitrogen and oxygen atoms in total. The lowest BCUT2D eigenvalue weighted by atomic mass is 9.83. The summed E-state index contributed by atoms with van der Waals surface area (Å²) in [5.41, 5.74) is 0. The van der Waals surface area contributed by atoms with Crippen molar-refractivity contribution in [1.82, 2.24) is 10.2 Å². The van der Waals surface area contributed by atoms with Crippen LogP contribution in [0, 0.1) is 5.92 Å². The number of carbonyl (C=O) groups is 1. The minimum absolute atomic E-state index is 0.0100. The van der Waals surface area contributed by atoms with E-state index in [9.17, 15) is 4.79 Å². The molecule has 0 spiro atoms. The van der Waals surface area contributed by atoms with Crippen molar-refractivity contribution in [3.63, 3.8) is 0 Å². The number of hydrogen-bond acceptors (Lipinski definition) is 2. The molecule has 0 aromatic rings. The number of aliphatic hydroxyl groups is 1. The third kappa shape index (κ3) is 4.23. The second-order valence-corrected chi connectivity index (χ2v) is 4.28. The molecule has 1 aliphatic carbocycles. The molecular formula is C12H22N2O2. The number of nitrogens with one attached hydrogen (secondary N) is 1. The second-order valence-electron chi connectivity index (χ2n) is 4.28. The zero-order chi connectivity index (χ0) is 11.8. The summed E-state index contributed by atoms with van der Waals surface area (Å²) in [4.78, 5) is 13.2. The van der Waals surface area contributed by atoms with Crippen LogP contribution >= 0.6 is 0 Å². The number of carbonyl (C=O) groups excluding carboxylic acids is 1. The lowest BCUT2D eigenvalue weighted by Crippen LogP contribution is -2.42. The second kappa shape index (κ2) is 7.28. The fourth-order valence-electron chi connectivity index (χ4n) is 1.83. The zero-order valence-electron chi connectivity index (χ0n) is 9.82. The molecule has 0 radical (unpaired) electrons. The van der Waals surface area contributed by atoms with Crippen LogP contribution < -0.4 is 5.32 Å². The Morgan fingerprint density at radius 3 is 2.81 bits per heavy atom. The quantitative estimate of drug-likeness (QED) is 0.644. The Labute approximate surface area is 97.3 Å². The summed E-state index contributed by atoms with van der Waals surface area (Å²) in [6.45, 7) is 5.17. The number of nitrogens with zero attached hydrogens (tertiary/aromatic N) is 1. The first-order valence-electron chi connectivity index (χ1n) is 6.02. The molecule has 1 rings (SSSR count). The van der Waals surface area contributed by atoms with Gasteiger partial charge in [0.1, 0.15) is 0 Å². The Balaban J connectivity index is 2.16. The van der Waals surface area contributed by atoms with Gasteiger partial charge in [-0.05, 0) is 12.3 Å². The van der Waals surface area contributed by atoms with Gasteiger partial charge in [-0.2, -0.15) is 0 Å². The van der Waals surface area contributed by atoms with E-state index < -0.39 is 0 Å². The highest BCUT2D eigenvalue weighted by Gasteiger charge is 2.17. The summed E-state index contributed by atoms with van der Waals surface area (Å²) in [5.74, 6) is 0.811. The summed E-state index contributed by atoms with van der Waals surface area (Å²) < 4.78 is 0. The van der Waals surface area contributed by atoms with Crippen molar-refractivity contribution in [3.05, 3.63) is 12.7 Å². The summed E-state index contributed by atoms with van der Waals surface area (Å²) >= 11 is 0. The van der Waals surface area contributed by atoms with E-state index in [4.69, 9.17) is 5.11 Å². The minimum Gasteiger partial charge on any atom is -0.395 e. The topological polar surface area (TPSA) is 52.6 Å². The van der Waals surface area contributed by atoms with Crippen LogP contribution in [0.1, 0.15) is 25.7 Å². The average Bonchev–Trinajstić information content (AvgIpc) is 2.21. The number of urea groups is 1. The van der Waals surface area contributed by atoms with Crippen LogP contribution in [0.15, 0.2) is 12.7 Å². The summed E-state index contributed by atoms with van der Waals surface area (Å²) in [6.07, 6.45) is 6.70. The van der Waals surface area contributed by atoms with Gasteiger partial charge >= 0.3 is 6.03 Å². The van der Waals surface area contributed by atoms with Crippen molar-refractivity contribution in [2.75, 3.05) is 26.2 Å². The normalized spacial score (nSPS) is 15.3. The van der Waals surface area contributed by atoms with Crippen molar-refractivity contribution >= 4 is 6.03 Å². The monoisotopic (exact) mass is 226 g/mol. The van der Waals surface area contributed by atoms with Crippen molar-refractivity contribution in [2.24, 2.45) is 5.92 Å². The Morgan fingerprint density at radius 1 is 1.56 bits per heavy atom. The molecule has 0 unspecified atom stereocenters. The third-order valence-electron chi connectivity index (χ3n) is 3.06. The van der Waals surface area contributed by atoms with Gasteiger partial charge in [0.2, 0.25) is 0 Å². The summed E-state index contributed by atoms with van der Waals surface area (Å²) in [7, 11) is 0. The van der Waals surface area contributed by atoms with Gasteiger partial charge in [-0.15, -0.1) is 6.58 Å².